The minimum Gasteiger partial charge on any atom is -0.481 e. The molecule has 3 nitrogen and oxygen atoms in total. The first-order valence-corrected chi connectivity index (χ1v) is 4.35. The first kappa shape index (κ1) is 9.26. The first-order chi connectivity index (χ1) is 5.72. The van der Waals surface area contributed by atoms with Gasteiger partial charge in [-0.3, -0.25) is 4.79 Å². The van der Waals surface area contributed by atoms with Crippen LogP contribution in [0.25, 0.3) is 0 Å². The van der Waals surface area contributed by atoms with E-state index in [4.69, 9.17) is 10.8 Å². The van der Waals surface area contributed by atoms with Gasteiger partial charge in [-0.05, 0) is 25.7 Å². The number of rotatable bonds is 1. The Bertz CT molecular complexity index is 189. The Hall–Kier alpha value is -0.830. The van der Waals surface area contributed by atoms with Crippen molar-refractivity contribution in [3.05, 3.63) is 12.2 Å². The summed E-state index contributed by atoms with van der Waals surface area (Å²) in [6.45, 7) is 0. The third kappa shape index (κ3) is 2.34. The summed E-state index contributed by atoms with van der Waals surface area (Å²) in [7, 11) is 0. The molecule has 3 heteroatoms. The molecule has 0 bridgehead atoms. The summed E-state index contributed by atoms with van der Waals surface area (Å²) in [5.74, 6) is -1.10. The van der Waals surface area contributed by atoms with Gasteiger partial charge < -0.3 is 10.8 Å². The Balaban J connectivity index is 2.58. The molecule has 1 aliphatic carbocycles. The van der Waals surface area contributed by atoms with Crippen molar-refractivity contribution in [2.24, 2.45) is 11.7 Å². The lowest BCUT2D eigenvalue weighted by molar-refractivity contribution is -0.142. The van der Waals surface area contributed by atoms with E-state index in [1.54, 1.807) is 0 Å². The van der Waals surface area contributed by atoms with Gasteiger partial charge in [0.1, 0.15) is 0 Å². The lowest BCUT2D eigenvalue weighted by Gasteiger charge is -2.20. The molecule has 0 aliphatic heterocycles. The van der Waals surface area contributed by atoms with Gasteiger partial charge in [-0.1, -0.05) is 12.2 Å². The van der Waals surface area contributed by atoms with Crippen molar-refractivity contribution >= 4 is 5.97 Å². The average molecular weight is 169 g/mol. The monoisotopic (exact) mass is 169 g/mol. The first-order valence-electron chi connectivity index (χ1n) is 4.35. The highest BCUT2D eigenvalue weighted by atomic mass is 16.4. The van der Waals surface area contributed by atoms with E-state index in [1.165, 1.54) is 0 Å². The van der Waals surface area contributed by atoms with Gasteiger partial charge in [0.2, 0.25) is 0 Å². The van der Waals surface area contributed by atoms with Crippen LogP contribution in [0.1, 0.15) is 25.7 Å². The van der Waals surface area contributed by atoms with E-state index in [0.29, 0.717) is 6.42 Å². The number of carboxylic acids is 1. The van der Waals surface area contributed by atoms with E-state index in [-0.39, 0.29) is 12.0 Å². The molecule has 0 amide bonds. The maximum Gasteiger partial charge on any atom is 0.308 e. The predicted molar refractivity (Wildman–Crippen MR) is 46.7 cm³/mol. The van der Waals surface area contributed by atoms with Crippen molar-refractivity contribution in [1.29, 1.82) is 0 Å². The lowest BCUT2D eigenvalue weighted by atomic mass is 9.90. The third-order valence-electron chi connectivity index (χ3n) is 2.31. The smallest absolute Gasteiger partial charge is 0.308 e. The molecule has 1 rings (SSSR count). The van der Waals surface area contributed by atoms with Crippen molar-refractivity contribution in [2.45, 2.75) is 31.7 Å². The van der Waals surface area contributed by atoms with E-state index >= 15 is 0 Å². The minimum absolute atomic E-state index is 0.174. The number of allylic oxidation sites excluding steroid dienone is 2. The van der Waals surface area contributed by atoms with Crippen LogP contribution in [0.4, 0.5) is 0 Å². The molecular formula is C9H15NO2. The summed E-state index contributed by atoms with van der Waals surface area (Å²) in [5, 5.41) is 8.82. The molecule has 2 atom stereocenters. The van der Waals surface area contributed by atoms with Crippen molar-refractivity contribution in [3.63, 3.8) is 0 Å². The fraction of sp³-hybridized carbons (Fsp3) is 0.667. The number of nitrogens with two attached hydrogens (primary N) is 1. The Morgan fingerprint density at radius 2 is 1.92 bits per heavy atom. The predicted octanol–water partition coefficient (Wildman–Crippen LogP) is 1.14. The van der Waals surface area contributed by atoms with Gasteiger partial charge in [0.05, 0.1) is 5.92 Å². The second-order valence-electron chi connectivity index (χ2n) is 3.23. The number of hydrogen-bond acceptors (Lipinski definition) is 2. The quantitative estimate of drug-likeness (QED) is 0.579. The van der Waals surface area contributed by atoms with E-state index in [0.717, 1.165) is 19.3 Å². The summed E-state index contributed by atoms with van der Waals surface area (Å²) in [5.41, 5.74) is 5.73. The summed E-state index contributed by atoms with van der Waals surface area (Å²) in [6, 6.07) is -0.174. The van der Waals surface area contributed by atoms with Crippen molar-refractivity contribution in [2.75, 3.05) is 0 Å². The van der Waals surface area contributed by atoms with E-state index in [1.807, 2.05) is 6.08 Å². The van der Waals surface area contributed by atoms with Gasteiger partial charge in [0, 0.05) is 6.04 Å². The highest BCUT2D eigenvalue weighted by Crippen LogP contribution is 2.17. The maximum absolute atomic E-state index is 10.7. The number of hydrogen-bond donors (Lipinski definition) is 2. The van der Waals surface area contributed by atoms with Gasteiger partial charge in [-0.25, -0.2) is 0 Å². The van der Waals surface area contributed by atoms with Crippen LogP contribution in [0, 0.1) is 5.92 Å². The maximum atomic E-state index is 10.7. The Morgan fingerprint density at radius 3 is 2.50 bits per heavy atom. The summed E-state index contributed by atoms with van der Waals surface area (Å²) in [4.78, 5) is 10.7. The van der Waals surface area contributed by atoms with Crippen LogP contribution in [0.5, 0.6) is 0 Å². The van der Waals surface area contributed by atoms with Crippen LogP contribution in [-0.2, 0) is 4.79 Å². The zero-order valence-electron chi connectivity index (χ0n) is 7.07. The standard InChI is InChI=1S/C9H15NO2/c10-8-6-4-2-1-3-5-7(8)9(11)12/h1-2,7-8H,3-6,10H2,(H,11,12)/t7-,8+/m1/s1. The van der Waals surface area contributed by atoms with Crippen molar-refractivity contribution in [1.82, 2.24) is 0 Å². The fourth-order valence-corrected chi connectivity index (χ4v) is 1.52. The summed E-state index contributed by atoms with van der Waals surface area (Å²) >= 11 is 0. The van der Waals surface area contributed by atoms with Crippen LogP contribution in [0.3, 0.4) is 0 Å². The highest BCUT2D eigenvalue weighted by molar-refractivity contribution is 5.70. The Morgan fingerprint density at radius 1 is 1.33 bits per heavy atom. The van der Waals surface area contributed by atoms with E-state index in [9.17, 15) is 4.79 Å². The molecule has 68 valence electrons. The van der Waals surface area contributed by atoms with Crippen molar-refractivity contribution in [3.8, 4) is 0 Å². The van der Waals surface area contributed by atoms with E-state index < -0.39 is 5.97 Å². The van der Waals surface area contributed by atoms with E-state index in [2.05, 4.69) is 6.08 Å². The molecule has 3 N–H and O–H groups in total. The Labute approximate surface area is 72.3 Å². The molecule has 0 aromatic heterocycles. The zero-order valence-corrected chi connectivity index (χ0v) is 7.07. The lowest BCUT2D eigenvalue weighted by Crippen LogP contribution is -2.35. The molecule has 0 radical (unpaired) electrons. The van der Waals surface area contributed by atoms with Crippen molar-refractivity contribution < 1.29 is 9.90 Å². The summed E-state index contributed by atoms with van der Waals surface area (Å²) in [6.07, 6.45) is 7.33. The van der Waals surface area contributed by atoms with Crippen LogP contribution in [-0.4, -0.2) is 17.1 Å². The molecule has 0 aromatic rings. The normalized spacial score (nSPS) is 30.8. The number of carbonyl (C=O) groups is 1. The van der Waals surface area contributed by atoms with Crippen LogP contribution in [0.2, 0.25) is 0 Å². The second-order valence-corrected chi connectivity index (χ2v) is 3.23. The van der Waals surface area contributed by atoms with Gasteiger partial charge in [0.15, 0.2) is 0 Å². The SMILES string of the molecule is N[C@H]1CCC=CCC[C@H]1C(=O)O. The molecule has 0 unspecified atom stereocenters. The molecule has 0 heterocycles. The van der Waals surface area contributed by atoms with Gasteiger partial charge in [-0.15, -0.1) is 0 Å². The molecule has 0 saturated carbocycles. The Kier molecular flexibility index (Phi) is 3.29. The molecule has 0 fully saturated rings. The second kappa shape index (κ2) is 4.26. The van der Waals surface area contributed by atoms with Crippen LogP contribution < -0.4 is 5.73 Å². The molecule has 12 heavy (non-hydrogen) atoms. The van der Waals surface area contributed by atoms with Crippen LogP contribution in [0.15, 0.2) is 12.2 Å². The minimum atomic E-state index is -0.752. The van der Waals surface area contributed by atoms with Gasteiger partial charge >= 0.3 is 5.97 Å². The summed E-state index contributed by atoms with van der Waals surface area (Å²) < 4.78 is 0. The largest absolute Gasteiger partial charge is 0.481 e. The van der Waals surface area contributed by atoms with Gasteiger partial charge in [0.25, 0.3) is 0 Å². The van der Waals surface area contributed by atoms with Gasteiger partial charge in [-0.2, -0.15) is 0 Å². The third-order valence-corrected chi connectivity index (χ3v) is 2.31. The average Bonchev–Trinajstić information content (AvgIpc) is 1.96. The number of carboxylic acid groups (broad SMARTS) is 1. The molecule has 0 spiro atoms. The highest BCUT2D eigenvalue weighted by Gasteiger charge is 2.24. The number of aliphatic carboxylic acids is 1. The zero-order chi connectivity index (χ0) is 8.97. The molecule has 0 saturated heterocycles. The fourth-order valence-electron chi connectivity index (χ4n) is 1.52. The molecule has 1 aliphatic rings. The topological polar surface area (TPSA) is 63.3 Å². The molecular weight excluding hydrogens is 154 g/mol. The molecule has 0 aromatic carbocycles. The van der Waals surface area contributed by atoms with Crippen LogP contribution >= 0.6 is 0 Å².